The SMILES string of the molecule is CCN=C(NN)N(C)CC1CC1C. The van der Waals surface area contributed by atoms with Gasteiger partial charge in [-0.05, 0) is 25.2 Å². The molecule has 2 atom stereocenters. The maximum atomic E-state index is 5.37. The van der Waals surface area contributed by atoms with E-state index in [0.717, 1.165) is 30.9 Å². The summed E-state index contributed by atoms with van der Waals surface area (Å²) < 4.78 is 0. The highest BCUT2D eigenvalue weighted by atomic mass is 15.4. The van der Waals surface area contributed by atoms with E-state index in [-0.39, 0.29) is 0 Å². The normalized spacial score (nSPS) is 27.2. The standard InChI is InChI=1S/C9H20N4/c1-4-11-9(12-10)13(3)6-8-5-7(8)2/h7-8H,4-6,10H2,1-3H3,(H,11,12). The Labute approximate surface area is 80.2 Å². The smallest absolute Gasteiger partial charge is 0.208 e. The molecule has 4 heteroatoms. The van der Waals surface area contributed by atoms with Crippen molar-refractivity contribution in [2.75, 3.05) is 20.1 Å². The van der Waals surface area contributed by atoms with Crippen molar-refractivity contribution in [3.05, 3.63) is 0 Å². The number of hydrogen-bond acceptors (Lipinski definition) is 2. The van der Waals surface area contributed by atoms with E-state index in [2.05, 4.69) is 22.2 Å². The molecule has 0 aliphatic heterocycles. The van der Waals surface area contributed by atoms with E-state index in [1.807, 2.05) is 14.0 Å². The van der Waals surface area contributed by atoms with E-state index < -0.39 is 0 Å². The molecular weight excluding hydrogens is 164 g/mol. The molecule has 2 unspecified atom stereocenters. The molecule has 0 radical (unpaired) electrons. The summed E-state index contributed by atoms with van der Waals surface area (Å²) in [6.07, 6.45) is 1.34. The molecule has 3 N–H and O–H groups in total. The Morgan fingerprint density at radius 3 is 2.69 bits per heavy atom. The zero-order valence-corrected chi connectivity index (χ0v) is 8.75. The number of rotatable bonds is 3. The van der Waals surface area contributed by atoms with Crippen LogP contribution in [-0.2, 0) is 0 Å². The molecule has 0 aromatic heterocycles. The third-order valence-corrected chi connectivity index (χ3v) is 2.58. The number of nitrogens with two attached hydrogens (primary N) is 1. The topological polar surface area (TPSA) is 53.6 Å². The Hall–Kier alpha value is -0.770. The highest BCUT2D eigenvalue weighted by Gasteiger charge is 2.33. The van der Waals surface area contributed by atoms with Gasteiger partial charge in [0.1, 0.15) is 0 Å². The molecule has 1 aliphatic rings. The molecule has 0 amide bonds. The van der Waals surface area contributed by atoms with Crippen molar-refractivity contribution >= 4 is 5.96 Å². The number of hydrazine groups is 1. The zero-order chi connectivity index (χ0) is 9.84. The van der Waals surface area contributed by atoms with Gasteiger partial charge in [-0.1, -0.05) is 6.92 Å². The number of aliphatic imine (C=N–C) groups is 1. The van der Waals surface area contributed by atoms with Crippen molar-refractivity contribution < 1.29 is 0 Å². The fourth-order valence-corrected chi connectivity index (χ4v) is 1.52. The van der Waals surface area contributed by atoms with Crippen LogP contribution in [0.4, 0.5) is 0 Å². The average Bonchev–Trinajstić information content (AvgIpc) is 2.77. The molecule has 1 aliphatic carbocycles. The van der Waals surface area contributed by atoms with Gasteiger partial charge in [0.05, 0.1) is 0 Å². The minimum absolute atomic E-state index is 0.768. The average molecular weight is 184 g/mol. The van der Waals surface area contributed by atoms with E-state index in [1.54, 1.807) is 0 Å². The fourth-order valence-electron chi connectivity index (χ4n) is 1.52. The molecule has 13 heavy (non-hydrogen) atoms. The lowest BCUT2D eigenvalue weighted by Crippen LogP contribution is -2.43. The number of hydrogen-bond donors (Lipinski definition) is 2. The first-order valence-corrected chi connectivity index (χ1v) is 4.91. The van der Waals surface area contributed by atoms with E-state index in [9.17, 15) is 0 Å². The molecule has 0 aromatic carbocycles. The molecule has 0 spiro atoms. The summed E-state index contributed by atoms with van der Waals surface area (Å²) in [4.78, 5) is 6.35. The predicted octanol–water partition coefficient (Wildman–Crippen LogP) is 0.413. The van der Waals surface area contributed by atoms with Crippen LogP contribution < -0.4 is 11.3 Å². The molecule has 0 bridgehead atoms. The van der Waals surface area contributed by atoms with Crippen LogP contribution in [-0.4, -0.2) is 31.0 Å². The van der Waals surface area contributed by atoms with E-state index in [0.29, 0.717) is 0 Å². The second-order valence-electron chi connectivity index (χ2n) is 3.80. The van der Waals surface area contributed by atoms with Crippen LogP contribution in [0, 0.1) is 11.8 Å². The van der Waals surface area contributed by atoms with E-state index in [4.69, 9.17) is 5.84 Å². The van der Waals surface area contributed by atoms with Crippen molar-refractivity contribution in [3.63, 3.8) is 0 Å². The summed E-state index contributed by atoms with van der Waals surface area (Å²) in [5.74, 6) is 7.87. The molecular formula is C9H20N4. The third kappa shape index (κ3) is 2.88. The summed E-state index contributed by atoms with van der Waals surface area (Å²) >= 11 is 0. The van der Waals surface area contributed by atoms with Gasteiger partial charge in [0.15, 0.2) is 0 Å². The molecule has 1 rings (SSSR count). The van der Waals surface area contributed by atoms with Crippen LogP contribution in [0.25, 0.3) is 0 Å². The molecule has 1 fully saturated rings. The van der Waals surface area contributed by atoms with Crippen molar-refractivity contribution in [1.82, 2.24) is 10.3 Å². The maximum Gasteiger partial charge on any atom is 0.208 e. The Bertz CT molecular complexity index is 190. The monoisotopic (exact) mass is 184 g/mol. The number of nitrogens with one attached hydrogen (secondary N) is 1. The van der Waals surface area contributed by atoms with Crippen LogP contribution in [0.3, 0.4) is 0 Å². The van der Waals surface area contributed by atoms with Crippen LogP contribution in [0.2, 0.25) is 0 Å². The van der Waals surface area contributed by atoms with Gasteiger partial charge in [-0.2, -0.15) is 0 Å². The lowest BCUT2D eigenvalue weighted by Gasteiger charge is -2.20. The van der Waals surface area contributed by atoms with Gasteiger partial charge in [-0.3, -0.25) is 10.4 Å². The zero-order valence-electron chi connectivity index (χ0n) is 8.75. The van der Waals surface area contributed by atoms with Gasteiger partial charge in [0.25, 0.3) is 0 Å². The molecule has 0 saturated heterocycles. The van der Waals surface area contributed by atoms with Crippen molar-refractivity contribution in [3.8, 4) is 0 Å². The first-order chi connectivity index (χ1) is 6.19. The van der Waals surface area contributed by atoms with Gasteiger partial charge in [0.2, 0.25) is 5.96 Å². The Kier molecular flexibility index (Phi) is 3.54. The summed E-state index contributed by atoms with van der Waals surface area (Å²) in [5, 5.41) is 0. The summed E-state index contributed by atoms with van der Waals surface area (Å²) in [6, 6.07) is 0. The van der Waals surface area contributed by atoms with E-state index >= 15 is 0 Å². The fraction of sp³-hybridized carbons (Fsp3) is 0.889. The summed E-state index contributed by atoms with van der Waals surface area (Å²) in [5.41, 5.74) is 2.63. The summed E-state index contributed by atoms with van der Waals surface area (Å²) in [7, 11) is 2.03. The number of nitrogens with zero attached hydrogens (tertiary/aromatic N) is 2. The van der Waals surface area contributed by atoms with Crippen LogP contribution in [0.15, 0.2) is 4.99 Å². The Morgan fingerprint density at radius 2 is 2.31 bits per heavy atom. The van der Waals surface area contributed by atoms with Crippen LogP contribution in [0.1, 0.15) is 20.3 Å². The molecule has 0 aromatic rings. The maximum absolute atomic E-state index is 5.37. The highest BCUT2D eigenvalue weighted by molar-refractivity contribution is 5.79. The molecule has 0 heterocycles. The Morgan fingerprint density at radius 1 is 1.69 bits per heavy atom. The highest BCUT2D eigenvalue weighted by Crippen LogP contribution is 2.37. The second kappa shape index (κ2) is 4.46. The van der Waals surface area contributed by atoms with Gasteiger partial charge >= 0.3 is 0 Å². The van der Waals surface area contributed by atoms with Gasteiger partial charge in [-0.15, -0.1) is 0 Å². The third-order valence-electron chi connectivity index (χ3n) is 2.58. The quantitative estimate of drug-likeness (QED) is 0.289. The second-order valence-corrected chi connectivity index (χ2v) is 3.80. The van der Waals surface area contributed by atoms with Crippen molar-refractivity contribution in [1.29, 1.82) is 0 Å². The molecule has 4 nitrogen and oxygen atoms in total. The van der Waals surface area contributed by atoms with Gasteiger partial charge in [0, 0.05) is 20.1 Å². The molecule has 76 valence electrons. The lowest BCUT2D eigenvalue weighted by molar-refractivity contribution is 0.445. The van der Waals surface area contributed by atoms with E-state index in [1.165, 1.54) is 6.42 Å². The largest absolute Gasteiger partial charge is 0.345 e. The lowest BCUT2D eigenvalue weighted by atomic mass is 10.3. The minimum atomic E-state index is 0.768. The van der Waals surface area contributed by atoms with Crippen LogP contribution >= 0.6 is 0 Å². The van der Waals surface area contributed by atoms with Crippen LogP contribution in [0.5, 0.6) is 0 Å². The van der Waals surface area contributed by atoms with Gasteiger partial charge < -0.3 is 4.90 Å². The first-order valence-electron chi connectivity index (χ1n) is 4.91. The van der Waals surface area contributed by atoms with Crippen molar-refractivity contribution in [2.24, 2.45) is 22.7 Å². The predicted molar refractivity (Wildman–Crippen MR) is 55.2 cm³/mol. The van der Waals surface area contributed by atoms with Crippen molar-refractivity contribution in [2.45, 2.75) is 20.3 Å². The summed E-state index contributed by atoms with van der Waals surface area (Å²) in [6.45, 7) is 6.12. The first kappa shape index (κ1) is 10.3. The minimum Gasteiger partial charge on any atom is -0.345 e. The number of guanidine groups is 1. The molecule has 1 saturated carbocycles. The van der Waals surface area contributed by atoms with Gasteiger partial charge in [-0.25, -0.2) is 5.84 Å². The Balaban J connectivity index is 2.35.